The standard InChI is InChI=1S/C10H11F4NO/c11-7-3-1-2-6(4-7)5-8(15)9(16)10(12,13)14/h1-4,8-9,16H,5,15H2. The summed E-state index contributed by atoms with van der Waals surface area (Å²) in [6.07, 6.45) is -7.60. The first kappa shape index (κ1) is 12.9. The molecule has 0 fully saturated rings. The average molecular weight is 237 g/mol. The van der Waals surface area contributed by atoms with Gasteiger partial charge in [0.2, 0.25) is 0 Å². The van der Waals surface area contributed by atoms with Crippen LogP contribution in [-0.2, 0) is 6.42 Å². The van der Waals surface area contributed by atoms with Crippen molar-refractivity contribution in [3.8, 4) is 0 Å². The Hall–Kier alpha value is -1.14. The van der Waals surface area contributed by atoms with Crippen LogP contribution in [0.15, 0.2) is 24.3 Å². The van der Waals surface area contributed by atoms with Gasteiger partial charge >= 0.3 is 6.18 Å². The summed E-state index contributed by atoms with van der Waals surface area (Å²) in [6.45, 7) is 0. The third kappa shape index (κ3) is 3.46. The molecule has 16 heavy (non-hydrogen) atoms. The van der Waals surface area contributed by atoms with Crippen LogP contribution in [0.1, 0.15) is 5.56 Å². The van der Waals surface area contributed by atoms with Crippen LogP contribution in [0.5, 0.6) is 0 Å². The predicted octanol–water partition coefficient (Wildman–Crippen LogP) is 1.62. The highest BCUT2D eigenvalue weighted by molar-refractivity contribution is 5.17. The lowest BCUT2D eigenvalue weighted by Gasteiger charge is -2.21. The van der Waals surface area contributed by atoms with E-state index in [9.17, 15) is 17.6 Å². The summed E-state index contributed by atoms with van der Waals surface area (Å²) in [5.41, 5.74) is 5.51. The third-order valence-electron chi connectivity index (χ3n) is 2.10. The van der Waals surface area contributed by atoms with Crippen LogP contribution in [0.4, 0.5) is 17.6 Å². The second-order valence-corrected chi connectivity index (χ2v) is 3.48. The minimum Gasteiger partial charge on any atom is -0.382 e. The van der Waals surface area contributed by atoms with Gasteiger partial charge in [-0.25, -0.2) is 4.39 Å². The first-order chi connectivity index (χ1) is 7.30. The number of alkyl halides is 3. The fourth-order valence-electron chi connectivity index (χ4n) is 1.29. The number of nitrogens with two attached hydrogens (primary N) is 1. The summed E-state index contributed by atoms with van der Waals surface area (Å²) >= 11 is 0. The quantitative estimate of drug-likeness (QED) is 0.785. The van der Waals surface area contributed by atoms with E-state index >= 15 is 0 Å². The van der Waals surface area contributed by atoms with Crippen molar-refractivity contribution in [1.29, 1.82) is 0 Å². The van der Waals surface area contributed by atoms with Gasteiger partial charge in [-0.2, -0.15) is 13.2 Å². The van der Waals surface area contributed by atoms with E-state index in [1.807, 2.05) is 0 Å². The Morgan fingerprint density at radius 1 is 1.31 bits per heavy atom. The molecule has 2 unspecified atom stereocenters. The second kappa shape index (κ2) is 4.80. The minimum atomic E-state index is -4.76. The Morgan fingerprint density at radius 2 is 1.94 bits per heavy atom. The number of aliphatic hydroxyl groups is 1. The van der Waals surface area contributed by atoms with Crippen molar-refractivity contribution in [2.45, 2.75) is 24.7 Å². The zero-order chi connectivity index (χ0) is 12.3. The monoisotopic (exact) mass is 237 g/mol. The molecule has 0 radical (unpaired) electrons. The average Bonchev–Trinajstić information content (AvgIpc) is 2.15. The Balaban J connectivity index is 2.68. The SMILES string of the molecule is NC(Cc1cccc(F)c1)C(O)C(F)(F)F. The molecule has 0 aliphatic heterocycles. The van der Waals surface area contributed by atoms with Gasteiger partial charge in [0.25, 0.3) is 0 Å². The van der Waals surface area contributed by atoms with E-state index in [2.05, 4.69) is 0 Å². The van der Waals surface area contributed by atoms with Crippen molar-refractivity contribution in [3.63, 3.8) is 0 Å². The highest BCUT2D eigenvalue weighted by atomic mass is 19.4. The van der Waals surface area contributed by atoms with Crippen LogP contribution in [0.25, 0.3) is 0 Å². The maximum atomic E-state index is 12.7. The highest BCUT2D eigenvalue weighted by Gasteiger charge is 2.42. The topological polar surface area (TPSA) is 46.2 Å². The van der Waals surface area contributed by atoms with E-state index in [0.717, 1.165) is 6.07 Å². The fourth-order valence-corrected chi connectivity index (χ4v) is 1.29. The van der Waals surface area contributed by atoms with Crippen molar-refractivity contribution in [2.75, 3.05) is 0 Å². The molecule has 0 saturated carbocycles. The molecule has 0 spiro atoms. The molecular formula is C10H11F4NO. The van der Waals surface area contributed by atoms with Crippen molar-refractivity contribution in [3.05, 3.63) is 35.6 Å². The lowest BCUT2D eigenvalue weighted by atomic mass is 10.0. The Morgan fingerprint density at radius 3 is 2.44 bits per heavy atom. The van der Waals surface area contributed by atoms with Crippen molar-refractivity contribution < 1.29 is 22.7 Å². The minimum absolute atomic E-state index is 0.238. The summed E-state index contributed by atoms with van der Waals surface area (Å²) in [5.74, 6) is -0.550. The van der Waals surface area contributed by atoms with Crippen molar-refractivity contribution in [2.24, 2.45) is 5.73 Å². The smallest absolute Gasteiger partial charge is 0.382 e. The first-order valence-corrected chi connectivity index (χ1v) is 4.55. The molecule has 0 aromatic heterocycles. The maximum absolute atomic E-state index is 12.7. The summed E-state index contributed by atoms with van der Waals surface area (Å²) in [7, 11) is 0. The molecule has 0 bridgehead atoms. The number of halogens is 4. The number of benzene rings is 1. The normalized spacial score (nSPS) is 15.9. The van der Waals surface area contributed by atoms with E-state index in [0.29, 0.717) is 5.56 Å². The molecule has 0 aliphatic rings. The van der Waals surface area contributed by atoms with E-state index in [1.165, 1.54) is 18.2 Å². The lowest BCUT2D eigenvalue weighted by Crippen LogP contribution is -2.46. The Labute approximate surface area is 89.7 Å². The zero-order valence-electron chi connectivity index (χ0n) is 8.21. The van der Waals surface area contributed by atoms with Gasteiger partial charge in [-0.1, -0.05) is 12.1 Å². The van der Waals surface area contributed by atoms with E-state index in [4.69, 9.17) is 10.8 Å². The molecule has 90 valence electrons. The first-order valence-electron chi connectivity index (χ1n) is 4.55. The lowest BCUT2D eigenvalue weighted by molar-refractivity contribution is -0.209. The Kier molecular flexibility index (Phi) is 3.88. The van der Waals surface area contributed by atoms with Crippen LogP contribution in [-0.4, -0.2) is 23.4 Å². The molecule has 3 N–H and O–H groups in total. The van der Waals surface area contributed by atoms with Gasteiger partial charge in [0.15, 0.2) is 6.10 Å². The summed E-state index contributed by atoms with van der Waals surface area (Å²) in [4.78, 5) is 0. The Bertz CT molecular complexity index is 353. The van der Waals surface area contributed by atoms with Gasteiger partial charge in [0.05, 0.1) is 0 Å². The van der Waals surface area contributed by atoms with Crippen LogP contribution < -0.4 is 5.73 Å². The molecule has 6 heteroatoms. The molecule has 0 amide bonds. The highest BCUT2D eigenvalue weighted by Crippen LogP contribution is 2.23. The largest absolute Gasteiger partial charge is 0.415 e. The summed E-state index contributed by atoms with van der Waals surface area (Å²) < 4.78 is 49.0. The van der Waals surface area contributed by atoms with Crippen LogP contribution >= 0.6 is 0 Å². The van der Waals surface area contributed by atoms with E-state index < -0.39 is 24.1 Å². The van der Waals surface area contributed by atoms with Crippen LogP contribution in [0, 0.1) is 5.82 Å². The van der Waals surface area contributed by atoms with Gasteiger partial charge in [-0.15, -0.1) is 0 Å². The molecule has 0 aliphatic carbocycles. The maximum Gasteiger partial charge on any atom is 0.415 e. The number of rotatable bonds is 3. The molecule has 0 saturated heterocycles. The van der Waals surface area contributed by atoms with Crippen molar-refractivity contribution in [1.82, 2.24) is 0 Å². The summed E-state index contributed by atoms with van der Waals surface area (Å²) in [5, 5.41) is 8.84. The van der Waals surface area contributed by atoms with Gasteiger partial charge in [0.1, 0.15) is 5.82 Å². The van der Waals surface area contributed by atoms with Crippen molar-refractivity contribution >= 4 is 0 Å². The number of hydrogen-bond donors (Lipinski definition) is 2. The van der Waals surface area contributed by atoms with Crippen LogP contribution in [0.3, 0.4) is 0 Å². The third-order valence-corrected chi connectivity index (χ3v) is 2.10. The van der Waals surface area contributed by atoms with Gasteiger partial charge in [-0.3, -0.25) is 0 Å². The van der Waals surface area contributed by atoms with E-state index in [-0.39, 0.29) is 6.42 Å². The molecular weight excluding hydrogens is 226 g/mol. The van der Waals surface area contributed by atoms with Gasteiger partial charge < -0.3 is 10.8 Å². The van der Waals surface area contributed by atoms with Crippen LogP contribution in [0.2, 0.25) is 0 Å². The molecule has 0 heterocycles. The zero-order valence-corrected chi connectivity index (χ0v) is 8.21. The molecule has 1 rings (SSSR count). The van der Waals surface area contributed by atoms with Gasteiger partial charge in [-0.05, 0) is 24.1 Å². The van der Waals surface area contributed by atoms with E-state index in [1.54, 1.807) is 0 Å². The van der Waals surface area contributed by atoms with Gasteiger partial charge in [0, 0.05) is 6.04 Å². The predicted molar refractivity (Wildman–Crippen MR) is 50.1 cm³/mol. The summed E-state index contributed by atoms with van der Waals surface area (Å²) in [6, 6.07) is 3.59. The molecule has 1 aromatic rings. The molecule has 2 atom stereocenters. The molecule has 2 nitrogen and oxygen atoms in total. The fraction of sp³-hybridized carbons (Fsp3) is 0.400. The molecule has 1 aromatic carbocycles. The number of aliphatic hydroxyl groups excluding tert-OH is 1. The second-order valence-electron chi connectivity index (χ2n) is 3.48. The number of hydrogen-bond acceptors (Lipinski definition) is 2.